The van der Waals surface area contributed by atoms with E-state index in [1.54, 1.807) is 11.8 Å². The van der Waals surface area contributed by atoms with Gasteiger partial charge in [-0.05, 0) is 62.7 Å². The molecule has 0 aliphatic carbocycles. The first-order valence-corrected chi connectivity index (χ1v) is 11.0. The number of piperidine rings is 1. The van der Waals surface area contributed by atoms with Crippen LogP contribution in [0, 0.1) is 0 Å². The molecule has 0 N–H and O–H groups in total. The summed E-state index contributed by atoms with van der Waals surface area (Å²) in [5.41, 5.74) is 2.44. The van der Waals surface area contributed by atoms with E-state index >= 15 is 0 Å². The second kappa shape index (κ2) is 8.76. The van der Waals surface area contributed by atoms with Crippen LogP contribution in [0.1, 0.15) is 26.2 Å². The standard InChI is InChI=1S/C22H25ClN2O2S/c1-16(26)27-18-6-4-11-24(15-18)12-5-13-25-19-7-2-3-8-21(19)28-22-10-9-17(23)14-20(22)25/h2-3,7-10,14,18H,4-6,11-13,15H2,1H3. The number of esters is 1. The molecule has 0 saturated carbocycles. The minimum absolute atomic E-state index is 0.0397. The number of halogens is 1. The molecular weight excluding hydrogens is 392 g/mol. The van der Waals surface area contributed by atoms with E-state index in [1.807, 2.05) is 6.07 Å². The molecule has 2 aromatic carbocycles. The van der Waals surface area contributed by atoms with Crippen LogP contribution < -0.4 is 4.90 Å². The fourth-order valence-electron chi connectivity index (χ4n) is 4.04. The molecule has 4 rings (SSSR count). The van der Waals surface area contributed by atoms with Gasteiger partial charge < -0.3 is 9.64 Å². The van der Waals surface area contributed by atoms with E-state index in [0.29, 0.717) is 0 Å². The highest BCUT2D eigenvalue weighted by Gasteiger charge is 2.25. The maximum Gasteiger partial charge on any atom is 0.302 e. The number of hydrogen-bond donors (Lipinski definition) is 0. The van der Waals surface area contributed by atoms with Gasteiger partial charge in [-0.1, -0.05) is 35.5 Å². The number of rotatable bonds is 5. The number of para-hydroxylation sites is 1. The lowest BCUT2D eigenvalue weighted by molar-refractivity contribution is -0.148. The van der Waals surface area contributed by atoms with Crippen molar-refractivity contribution in [3.8, 4) is 0 Å². The number of benzene rings is 2. The normalized spacial score (nSPS) is 19.1. The zero-order valence-corrected chi connectivity index (χ0v) is 17.6. The molecule has 6 heteroatoms. The van der Waals surface area contributed by atoms with Gasteiger partial charge in [-0.25, -0.2) is 0 Å². The highest BCUT2D eigenvalue weighted by Crippen LogP contribution is 2.48. The van der Waals surface area contributed by atoms with Gasteiger partial charge in [0.25, 0.3) is 0 Å². The number of likely N-dealkylation sites (tertiary alicyclic amines) is 1. The second-order valence-electron chi connectivity index (χ2n) is 7.36. The van der Waals surface area contributed by atoms with Gasteiger partial charge in [-0.2, -0.15) is 0 Å². The Morgan fingerprint density at radius 2 is 2.00 bits per heavy atom. The van der Waals surface area contributed by atoms with Gasteiger partial charge in [0.15, 0.2) is 0 Å². The quantitative estimate of drug-likeness (QED) is 0.612. The lowest BCUT2D eigenvalue weighted by Gasteiger charge is -2.35. The van der Waals surface area contributed by atoms with Crippen LogP contribution in [-0.2, 0) is 9.53 Å². The van der Waals surface area contributed by atoms with E-state index < -0.39 is 0 Å². The molecular formula is C22H25ClN2O2S. The third-order valence-electron chi connectivity index (χ3n) is 5.24. The maximum absolute atomic E-state index is 11.2. The smallest absolute Gasteiger partial charge is 0.302 e. The molecule has 1 unspecified atom stereocenters. The van der Waals surface area contributed by atoms with Crippen molar-refractivity contribution in [3.05, 3.63) is 47.5 Å². The van der Waals surface area contributed by atoms with Crippen LogP contribution in [0.4, 0.5) is 11.4 Å². The summed E-state index contributed by atoms with van der Waals surface area (Å²) in [4.78, 5) is 18.6. The molecule has 2 aliphatic heterocycles. The van der Waals surface area contributed by atoms with Gasteiger partial charge in [-0.15, -0.1) is 0 Å². The van der Waals surface area contributed by atoms with Crippen LogP contribution in [0.2, 0.25) is 5.02 Å². The number of fused-ring (bicyclic) bond motifs is 2. The summed E-state index contributed by atoms with van der Waals surface area (Å²) in [6.07, 6.45) is 3.13. The Bertz CT molecular complexity index is 860. The number of nitrogens with zero attached hydrogens (tertiary/aromatic N) is 2. The monoisotopic (exact) mass is 416 g/mol. The van der Waals surface area contributed by atoms with Gasteiger partial charge in [0.05, 0.1) is 11.4 Å². The fraction of sp³-hybridized carbons (Fsp3) is 0.409. The number of carbonyl (C=O) groups is 1. The zero-order valence-electron chi connectivity index (χ0n) is 16.1. The second-order valence-corrected chi connectivity index (χ2v) is 8.88. The van der Waals surface area contributed by atoms with Gasteiger partial charge >= 0.3 is 5.97 Å². The molecule has 0 spiro atoms. The summed E-state index contributed by atoms with van der Waals surface area (Å²) in [6.45, 7) is 5.34. The lowest BCUT2D eigenvalue weighted by atomic mass is 10.1. The summed E-state index contributed by atoms with van der Waals surface area (Å²) in [5, 5.41) is 0.768. The molecule has 0 bridgehead atoms. The van der Waals surface area contributed by atoms with E-state index in [-0.39, 0.29) is 12.1 Å². The Balaban J connectivity index is 1.43. The largest absolute Gasteiger partial charge is 0.461 e. The Labute approximate surface area is 175 Å². The van der Waals surface area contributed by atoms with Crippen molar-refractivity contribution in [2.75, 3.05) is 31.1 Å². The van der Waals surface area contributed by atoms with Gasteiger partial charge in [0.1, 0.15) is 6.10 Å². The molecule has 28 heavy (non-hydrogen) atoms. The summed E-state index contributed by atoms with van der Waals surface area (Å²) in [5.74, 6) is -0.178. The molecule has 148 valence electrons. The van der Waals surface area contributed by atoms with Crippen LogP contribution in [0.5, 0.6) is 0 Å². The van der Waals surface area contributed by atoms with E-state index in [0.717, 1.165) is 50.5 Å². The molecule has 0 aromatic heterocycles. The van der Waals surface area contributed by atoms with Crippen molar-refractivity contribution in [2.24, 2.45) is 0 Å². The zero-order chi connectivity index (χ0) is 19.5. The first-order valence-electron chi connectivity index (χ1n) is 9.84. The molecule has 2 aliphatic rings. The minimum atomic E-state index is -0.178. The summed E-state index contributed by atoms with van der Waals surface area (Å²) >= 11 is 8.10. The summed E-state index contributed by atoms with van der Waals surface area (Å²) < 4.78 is 5.42. The van der Waals surface area contributed by atoms with Crippen molar-refractivity contribution in [2.45, 2.75) is 42.1 Å². The third kappa shape index (κ3) is 4.48. The Hall–Kier alpha value is -1.69. The van der Waals surface area contributed by atoms with Crippen molar-refractivity contribution in [3.63, 3.8) is 0 Å². The minimum Gasteiger partial charge on any atom is -0.461 e. The highest BCUT2D eigenvalue weighted by molar-refractivity contribution is 7.99. The molecule has 1 atom stereocenters. The fourth-order valence-corrected chi connectivity index (χ4v) is 5.29. The number of anilines is 2. The molecule has 0 radical (unpaired) electrons. The van der Waals surface area contributed by atoms with Crippen molar-refractivity contribution < 1.29 is 9.53 Å². The summed E-state index contributed by atoms with van der Waals surface area (Å²) in [7, 11) is 0. The van der Waals surface area contributed by atoms with E-state index in [9.17, 15) is 4.79 Å². The number of hydrogen-bond acceptors (Lipinski definition) is 5. The molecule has 1 saturated heterocycles. The Kier molecular flexibility index (Phi) is 6.14. The van der Waals surface area contributed by atoms with Crippen molar-refractivity contribution in [1.29, 1.82) is 0 Å². The molecule has 4 nitrogen and oxygen atoms in total. The highest BCUT2D eigenvalue weighted by atomic mass is 35.5. The Morgan fingerprint density at radius 1 is 1.18 bits per heavy atom. The van der Waals surface area contributed by atoms with E-state index in [4.69, 9.17) is 16.3 Å². The molecule has 2 heterocycles. The predicted molar refractivity (Wildman–Crippen MR) is 115 cm³/mol. The lowest BCUT2D eigenvalue weighted by Crippen LogP contribution is -2.41. The molecule has 2 aromatic rings. The van der Waals surface area contributed by atoms with Crippen LogP contribution in [0.3, 0.4) is 0 Å². The first-order chi connectivity index (χ1) is 13.6. The van der Waals surface area contributed by atoms with Crippen molar-refractivity contribution in [1.82, 2.24) is 4.90 Å². The van der Waals surface area contributed by atoms with E-state index in [2.05, 4.69) is 46.2 Å². The SMILES string of the molecule is CC(=O)OC1CCCN(CCCN2c3ccccc3Sc3ccc(Cl)cc32)C1. The van der Waals surface area contributed by atoms with Gasteiger partial charge in [0.2, 0.25) is 0 Å². The van der Waals surface area contributed by atoms with Crippen LogP contribution in [-0.4, -0.2) is 43.2 Å². The average molecular weight is 417 g/mol. The molecule has 0 amide bonds. The predicted octanol–water partition coefficient (Wildman–Crippen LogP) is 5.36. The number of ether oxygens (including phenoxy) is 1. The van der Waals surface area contributed by atoms with Crippen LogP contribution in [0.15, 0.2) is 52.3 Å². The third-order valence-corrected chi connectivity index (χ3v) is 6.60. The first kappa shape index (κ1) is 19.6. The summed E-state index contributed by atoms with van der Waals surface area (Å²) in [6, 6.07) is 14.7. The van der Waals surface area contributed by atoms with Crippen LogP contribution >= 0.6 is 23.4 Å². The van der Waals surface area contributed by atoms with Crippen LogP contribution in [0.25, 0.3) is 0 Å². The number of carbonyl (C=O) groups excluding carboxylic acids is 1. The Morgan fingerprint density at radius 3 is 2.86 bits per heavy atom. The van der Waals surface area contributed by atoms with Gasteiger partial charge in [0, 0.05) is 34.8 Å². The molecule has 1 fully saturated rings. The average Bonchev–Trinajstić information content (AvgIpc) is 2.67. The van der Waals surface area contributed by atoms with E-state index in [1.165, 1.54) is 28.1 Å². The van der Waals surface area contributed by atoms with Gasteiger partial charge in [-0.3, -0.25) is 9.69 Å². The maximum atomic E-state index is 11.2. The van der Waals surface area contributed by atoms with Crippen molar-refractivity contribution >= 4 is 40.7 Å². The topological polar surface area (TPSA) is 32.8 Å².